The second-order valence-corrected chi connectivity index (χ2v) is 8.78. The summed E-state index contributed by atoms with van der Waals surface area (Å²) >= 11 is 3.44. The summed E-state index contributed by atoms with van der Waals surface area (Å²) in [6, 6.07) is 10.6. The third kappa shape index (κ3) is 4.93. The van der Waals surface area contributed by atoms with Crippen LogP contribution in [0.1, 0.15) is 43.4 Å². The standard InChI is InChI=1S/C25H28BrN3O3/c1-5-11-28(12-6-2)19-9-7-18(8-10-19)15-20-23(30)27-25(32)29(24(20)31)22-14-17(4)16(3)13-21(22)26/h7-10,13-15H,5-6,11-12H2,1-4H3,(H,27,30,32)/b20-15-. The highest BCUT2D eigenvalue weighted by molar-refractivity contribution is 9.10. The average molecular weight is 498 g/mol. The summed E-state index contributed by atoms with van der Waals surface area (Å²) in [6.07, 6.45) is 3.64. The summed E-state index contributed by atoms with van der Waals surface area (Å²) in [5, 5.41) is 2.28. The molecule has 1 heterocycles. The number of carbonyl (C=O) groups excluding carboxylic acids is 3. The second kappa shape index (κ2) is 10.1. The molecule has 1 N–H and O–H groups in total. The van der Waals surface area contributed by atoms with Gasteiger partial charge in [0.1, 0.15) is 5.57 Å². The molecule has 3 rings (SSSR count). The van der Waals surface area contributed by atoms with Crippen molar-refractivity contribution in [2.24, 2.45) is 0 Å². The summed E-state index contributed by atoms with van der Waals surface area (Å²) in [7, 11) is 0. The van der Waals surface area contributed by atoms with Crippen molar-refractivity contribution in [3.8, 4) is 0 Å². The van der Waals surface area contributed by atoms with E-state index in [1.807, 2.05) is 44.2 Å². The minimum atomic E-state index is -0.758. The Morgan fingerprint density at radius 2 is 1.56 bits per heavy atom. The highest BCUT2D eigenvalue weighted by atomic mass is 79.9. The molecular formula is C25H28BrN3O3. The van der Waals surface area contributed by atoms with Gasteiger partial charge in [-0.3, -0.25) is 14.9 Å². The van der Waals surface area contributed by atoms with E-state index in [-0.39, 0.29) is 5.57 Å². The Kier molecular flexibility index (Phi) is 7.51. The van der Waals surface area contributed by atoms with E-state index in [1.54, 1.807) is 6.07 Å². The summed E-state index contributed by atoms with van der Waals surface area (Å²) in [4.78, 5) is 41.5. The van der Waals surface area contributed by atoms with Crippen molar-refractivity contribution in [2.45, 2.75) is 40.5 Å². The van der Waals surface area contributed by atoms with Crippen LogP contribution >= 0.6 is 15.9 Å². The number of hydrogen-bond acceptors (Lipinski definition) is 4. The van der Waals surface area contributed by atoms with Crippen LogP contribution in [-0.2, 0) is 9.59 Å². The van der Waals surface area contributed by atoms with Crippen molar-refractivity contribution in [1.29, 1.82) is 0 Å². The molecule has 1 aliphatic heterocycles. The van der Waals surface area contributed by atoms with Crippen molar-refractivity contribution in [3.63, 3.8) is 0 Å². The number of barbiturate groups is 1. The molecule has 1 aliphatic rings. The molecule has 0 unspecified atom stereocenters. The number of benzene rings is 2. The van der Waals surface area contributed by atoms with Gasteiger partial charge in [-0.25, -0.2) is 9.69 Å². The maximum atomic E-state index is 13.2. The lowest BCUT2D eigenvalue weighted by Gasteiger charge is -2.28. The van der Waals surface area contributed by atoms with Crippen LogP contribution in [0.4, 0.5) is 16.2 Å². The number of anilines is 2. The van der Waals surface area contributed by atoms with Gasteiger partial charge < -0.3 is 4.90 Å². The Labute approximate surface area is 197 Å². The molecule has 0 saturated carbocycles. The average Bonchev–Trinajstić information content (AvgIpc) is 2.75. The Bertz CT molecular complexity index is 1070. The number of nitrogens with one attached hydrogen (secondary N) is 1. The lowest BCUT2D eigenvalue weighted by molar-refractivity contribution is -0.122. The maximum absolute atomic E-state index is 13.2. The fourth-order valence-corrected chi connectivity index (χ4v) is 4.31. The molecule has 0 radical (unpaired) electrons. The highest BCUT2D eigenvalue weighted by Crippen LogP contribution is 2.32. The molecule has 4 amide bonds. The lowest BCUT2D eigenvalue weighted by atomic mass is 10.0. The Morgan fingerprint density at radius 3 is 2.16 bits per heavy atom. The molecule has 0 bridgehead atoms. The van der Waals surface area contributed by atoms with Crippen molar-refractivity contribution in [1.82, 2.24) is 5.32 Å². The number of rotatable bonds is 7. The lowest BCUT2D eigenvalue weighted by Crippen LogP contribution is -2.54. The van der Waals surface area contributed by atoms with E-state index in [4.69, 9.17) is 0 Å². The molecule has 0 spiro atoms. The number of aryl methyl sites for hydroxylation is 2. The minimum absolute atomic E-state index is 0.0820. The zero-order valence-corrected chi connectivity index (χ0v) is 20.5. The third-order valence-electron chi connectivity index (χ3n) is 5.46. The van der Waals surface area contributed by atoms with Gasteiger partial charge in [0.05, 0.1) is 5.69 Å². The largest absolute Gasteiger partial charge is 0.372 e. The molecule has 7 heteroatoms. The minimum Gasteiger partial charge on any atom is -0.372 e. The van der Waals surface area contributed by atoms with Crippen LogP contribution in [0.5, 0.6) is 0 Å². The zero-order valence-electron chi connectivity index (χ0n) is 18.9. The van der Waals surface area contributed by atoms with E-state index in [2.05, 4.69) is 40.0 Å². The molecule has 2 aromatic rings. The molecule has 0 aliphatic carbocycles. The van der Waals surface area contributed by atoms with Gasteiger partial charge in [0.25, 0.3) is 11.8 Å². The number of amides is 4. The van der Waals surface area contributed by atoms with Gasteiger partial charge in [0.15, 0.2) is 0 Å². The Morgan fingerprint density at radius 1 is 0.969 bits per heavy atom. The van der Waals surface area contributed by atoms with E-state index in [9.17, 15) is 14.4 Å². The van der Waals surface area contributed by atoms with Gasteiger partial charge in [-0.2, -0.15) is 0 Å². The van der Waals surface area contributed by atoms with Crippen LogP contribution in [0.25, 0.3) is 6.08 Å². The molecule has 2 aromatic carbocycles. The van der Waals surface area contributed by atoms with E-state index >= 15 is 0 Å². The normalized spacial score (nSPS) is 15.3. The van der Waals surface area contributed by atoms with Gasteiger partial charge in [-0.1, -0.05) is 26.0 Å². The van der Waals surface area contributed by atoms with Crippen LogP contribution in [-0.4, -0.2) is 30.9 Å². The van der Waals surface area contributed by atoms with E-state index in [1.165, 1.54) is 6.08 Å². The smallest absolute Gasteiger partial charge is 0.335 e. The topological polar surface area (TPSA) is 69.7 Å². The number of imide groups is 2. The first-order chi connectivity index (χ1) is 15.3. The maximum Gasteiger partial charge on any atom is 0.335 e. The number of carbonyl (C=O) groups is 3. The van der Waals surface area contributed by atoms with Crippen LogP contribution in [0.3, 0.4) is 0 Å². The predicted molar refractivity (Wildman–Crippen MR) is 132 cm³/mol. The SMILES string of the molecule is CCCN(CCC)c1ccc(/C=C2/C(=O)NC(=O)N(c3cc(C)c(C)cc3Br)C2=O)cc1. The Balaban J connectivity index is 1.93. The fourth-order valence-electron chi connectivity index (χ4n) is 3.67. The van der Waals surface area contributed by atoms with Crippen molar-refractivity contribution < 1.29 is 14.4 Å². The second-order valence-electron chi connectivity index (χ2n) is 7.92. The van der Waals surface area contributed by atoms with Crippen LogP contribution in [0.2, 0.25) is 0 Å². The van der Waals surface area contributed by atoms with E-state index in [0.29, 0.717) is 15.7 Å². The fraction of sp³-hybridized carbons (Fsp3) is 0.320. The Hall–Kier alpha value is -2.93. The first-order valence-electron chi connectivity index (χ1n) is 10.8. The number of halogens is 1. The molecule has 0 aromatic heterocycles. The van der Waals surface area contributed by atoms with Gasteiger partial charge in [0.2, 0.25) is 0 Å². The van der Waals surface area contributed by atoms with Crippen LogP contribution < -0.4 is 15.1 Å². The molecule has 1 fully saturated rings. The van der Waals surface area contributed by atoms with Gasteiger partial charge in [0, 0.05) is 23.2 Å². The van der Waals surface area contributed by atoms with Crippen LogP contribution in [0, 0.1) is 13.8 Å². The predicted octanol–water partition coefficient (Wildman–Crippen LogP) is 5.36. The monoisotopic (exact) mass is 497 g/mol. The van der Waals surface area contributed by atoms with Crippen LogP contribution in [0.15, 0.2) is 46.4 Å². The van der Waals surface area contributed by atoms with E-state index < -0.39 is 17.8 Å². The summed E-state index contributed by atoms with van der Waals surface area (Å²) in [5.74, 6) is -1.34. The number of hydrogen-bond donors (Lipinski definition) is 1. The summed E-state index contributed by atoms with van der Waals surface area (Å²) < 4.78 is 0.606. The third-order valence-corrected chi connectivity index (χ3v) is 6.10. The van der Waals surface area contributed by atoms with Crippen molar-refractivity contribution >= 4 is 51.2 Å². The molecular weight excluding hydrogens is 470 g/mol. The number of urea groups is 1. The van der Waals surface area contributed by atoms with Crippen molar-refractivity contribution in [2.75, 3.05) is 22.9 Å². The highest BCUT2D eigenvalue weighted by Gasteiger charge is 2.37. The van der Waals surface area contributed by atoms with Crippen molar-refractivity contribution in [3.05, 3.63) is 63.1 Å². The first kappa shape index (κ1) is 23.7. The number of nitrogens with zero attached hydrogens (tertiary/aromatic N) is 2. The molecule has 32 heavy (non-hydrogen) atoms. The van der Waals surface area contributed by atoms with Gasteiger partial charge in [-0.15, -0.1) is 0 Å². The summed E-state index contributed by atoms with van der Waals surface area (Å²) in [6.45, 7) is 10.1. The van der Waals surface area contributed by atoms with Gasteiger partial charge in [-0.05, 0) is 89.7 Å². The molecule has 1 saturated heterocycles. The molecule has 168 valence electrons. The molecule has 6 nitrogen and oxygen atoms in total. The summed E-state index contributed by atoms with van der Waals surface area (Å²) in [5.41, 5.74) is 4.10. The van der Waals surface area contributed by atoms with E-state index in [0.717, 1.165) is 47.6 Å². The van der Waals surface area contributed by atoms with Gasteiger partial charge >= 0.3 is 6.03 Å². The zero-order chi connectivity index (χ0) is 23.4. The molecule has 0 atom stereocenters. The first-order valence-corrected chi connectivity index (χ1v) is 11.6. The quantitative estimate of drug-likeness (QED) is 0.412.